The van der Waals surface area contributed by atoms with E-state index in [-0.39, 0.29) is 5.92 Å². The first-order valence-electron chi connectivity index (χ1n) is 18.3. The fourth-order valence-electron chi connectivity index (χ4n) is 11.3. The Hall–Kier alpha value is -3.21. The second-order valence-electron chi connectivity index (χ2n) is 16.4. The van der Waals surface area contributed by atoms with E-state index in [0.29, 0.717) is 53.6 Å². The highest BCUT2D eigenvalue weighted by Gasteiger charge is 2.69. The van der Waals surface area contributed by atoms with Crippen molar-refractivity contribution in [2.45, 2.75) is 101 Å². The Balaban J connectivity index is 1.16. The number of Topliss-reactive ketones (excluding diaryl/α,β-unsaturated/α-hetero) is 1. The molecule has 10 heteroatoms. The number of methoxy groups -OCH3 is 1. The maximum atomic E-state index is 14.8. The smallest absolute Gasteiger partial charge is 0.303 e. The number of carbonyl (C=O) groups excluding carboxylic acids is 2. The van der Waals surface area contributed by atoms with Gasteiger partial charge < -0.3 is 9.30 Å². The van der Waals surface area contributed by atoms with Crippen LogP contribution in [-0.2, 0) is 21.5 Å². The zero-order chi connectivity index (χ0) is 34.0. The van der Waals surface area contributed by atoms with E-state index in [2.05, 4.69) is 33.4 Å². The number of rotatable bonds is 8. The van der Waals surface area contributed by atoms with Gasteiger partial charge in [0.05, 0.1) is 18.2 Å². The number of piperidine rings is 1. The molecule has 260 valence electrons. The maximum Gasteiger partial charge on any atom is 0.303 e. The lowest BCUT2D eigenvalue weighted by molar-refractivity contribution is -0.174. The number of fused-ring (bicyclic) bond motifs is 7. The molecule has 0 radical (unpaired) electrons. The van der Waals surface area contributed by atoms with Crippen molar-refractivity contribution in [1.82, 2.24) is 18.5 Å². The summed E-state index contributed by atoms with van der Waals surface area (Å²) in [5, 5.41) is 1.10. The van der Waals surface area contributed by atoms with E-state index in [1.54, 1.807) is 13.2 Å². The Morgan fingerprint density at radius 2 is 1.82 bits per heavy atom. The van der Waals surface area contributed by atoms with Crippen LogP contribution in [0.5, 0.6) is 5.75 Å². The van der Waals surface area contributed by atoms with E-state index < -0.39 is 21.5 Å². The van der Waals surface area contributed by atoms with Crippen LogP contribution in [0.3, 0.4) is 0 Å². The van der Waals surface area contributed by atoms with E-state index in [1.165, 1.54) is 63.7 Å². The molecule has 1 aromatic heterocycles. The summed E-state index contributed by atoms with van der Waals surface area (Å²) in [6, 6.07) is 13.4. The first-order chi connectivity index (χ1) is 23.5. The molecule has 6 aliphatic rings. The number of ether oxygens (including phenoxy) is 1. The summed E-state index contributed by atoms with van der Waals surface area (Å²) < 4.78 is 36.5. The fourth-order valence-corrected chi connectivity index (χ4v) is 11.8. The molecule has 6 unspecified atom stereocenters. The summed E-state index contributed by atoms with van der Waals surface area (Å²) >= 11 is 0. The van der Waals surface area contributed by atoms with Gasteiger partial charge in [-0.05, 0) is 105 Å². The summed E-state index contributed by atoms with van der Waals surface area (Å²) in [4.78, 5) is 30.8. The maximum absolute atomic E-state index is 14.8. The van der Waals surface area contributed by atoms with Gasteiger partial charge in [-0.2, -0.15) is 12.7 Å². The monoisotopic (exact) mass is 684 g/mol. The number of likely N-dealkylation sites (tertiary alicyclic amines) is 1. The quantitative estimate of drug-likeness (QED) is 0.303. The first kappa shape index (κ1) is 31.7. The van der Waals surface area contributed by atoms with Crippen molar-refractivity contribution < 1.29 is 22.7 Å². The number of hydrogen-bond donors (Lipinski definition) is 1. The minimum Gasteiger partial charge on any atom is -0.497 e. The van der Waals surface area contributed by atoms with Crippen molar-refractivity contribution in [1.29, 1.82) is 0 Å². The third-order valence-corrected chi connectivity index (χ3v) is 15.3. The van der Waals surface area contributed by atoms with Crippen molar-refractivity contribution in [2.75, 3.05) is 28.3 Å². The van der Waals surface area contributed by atoms with Crippen molar-refractivity contribution in [3.05, 3.63) is 53.1 Å². The average molecular weight is 685 g/mol. The summed E-state index contributed by atoms with van der Waals surface area (Å²) in [6.07, 6.45) is 12.2. The largest absolute Gasteiger partial charge is 0.497 e. The van der Waals surface area contributed by atoms with Crippen LogP contribution in [0.15, 0.2) is 36.4 Å². The second kappa shape index (κ2) is 10.9. The van der Waals surface area contributed by atoms with Gasteiger partial charge in [-0.15, -0.1) is 0 Å². The number of hydrogen-bond acceptors (Lipinski definition) is 6. The SMILES string of the molecule is COc1ccc2c(c1)C1CC1(C(=O)CC1CC3N(C)C4CCC43C1)Cn1c-2c(C2CCCCC2)c2ccc(C(=O)NS(=O)(=O)N(C)C)cc21. The minimum absolute atomic E-state index is 0.117. The fraction of sp³-hybridized carbons (Fsp3) is 0.590. The van der Waals surface area contributed by atoms with Gasteiger partial charge in [0.1, 0.15) is 11.5 Å². The molecule has 5 fully saturated rings. The molecule has 1 spiro atoms. The Bertz CT molecular complexity index is 2010. The number of amides is 1. The van der Waals surface area contributed by atoms with Gasteiger partial charge in [-0.25, -0.2) is 4.72 Å². The lowest BCUT2D eigenvalue weighted by Gasteiger charge is -2.67. The number of benzene rings is 2. The van der Waals surface area contributed by atoms with E-state index in [4.69, 9.17) is 4.74 Å². The molecule has 4 saturated carbocycles. The molecule has 49 heavy (non-hydrogen) atoms. The van der Waals surface area contributed by atoms with Crippen LogP contribution >= 0.6 is 0 Å². The number of nitrogens with zero attached hydrogens (tertiary/aromatic N) is 3. The second-order valence-corrected chi connectivity index (χ2v) is 18.3. The number of nitrogens with one attached hydrogen (secondary N) is 1. The van der Waals surface area contributed by atoms with E-state index in [0.717, 1.165) is 57.9 Å². The summed E-state index contributed by atoms with van der Waals surface area (Å²) in [6.45, 7) is 0.566. The highest BCUT2D eigenvalue weighted by molar-refractivity contribution is 7.87. The predicted octanol–water partition coefficient (Wildman–Crippen LogP) is 6.22. The van der Waals surface area contributed by atoms with Gasteiger partial charge in [0, 0.05) is 72.5 Å². The van der Waals surface area contributed by atoms with Crippen LogP contribution in [0.1, 0.15) is 104 Å². The zero-order valence-corrected chi connectivity index (χ0v) is 29.9. The van der Waals surface area contributed by atoms with Crippen LogP contribution in [0.2, 0.25) is 0 Å². The van der Waals surface area contributed by atoms with Gasteiger partial charge >= 0.3 is 10.2 Å². The van der Waals surface area contributed by atoms with Gasteiger partial charge in [0.15, 0.2) is 0 Å². The van der Waals surface area contributed by atoms with Gasteiger partial charge in [-0.3, -0.25) is 14.5 Å². The molecule has 3 aromatic rings. The number of aromatic nitrogens is 1. The molecule has 0 bridgehead atoms. The molecule has 1 saturated heterocycles. The van der Waals surface area contributed by atoms with Crippen molar-refractivity contribution >= 4 is 32.8 Å². The molecule has 6 atom stereocenters. The molecule has 1 N–H and O–H groups in total. The number of carbonyl (C=O) groups is 2. The zero-order valence-electron chi connectivity index (χ0n) is 29.1. The van der Waals surface area contributed by atoms with Crippen LogP contribution in [-0.4, -0.2) is 74.2 Å². The molecular formula is C39H48N4O5S. The molecule has 9 nitrogen and oxygen atoms in total. The highest BCUT2D eigenvalue weighted by atomic mass is 32.2. The van der Waals surface area contributed by atoms with Crippen molar-refractivity contribution in [2.24, 2.45) is 16.7 Å². The summed E-state index contributed by atoms with van der Waals surface area (Å²) in [7, 11) is 2.82. The molecule has 9 rings (SSSR count). The lowest BCUT2D eigenvalue weighted by Crippen LogP contribution is -2.73. The Kier molecular flexibility index (Phi) is 7.06. The standard InChI is InChI=1S/C39H48N4O5S/c1-41(2)49(46,47)40-37(45)25-10-12-28-31(18-25)43-22-39(34(44)17-23-16-33-38(20-23)15-14-32(38)42(33)3)21-30(39)29-19-26(48-4)11-13-27(29)36(43)35(28)24-8-6-5-7-9-24/h10-13,18-19,23-24,30,32-33H,5-9,14-17,20-22H2,1-4H3,(H,40,45). The topological polar surface area (TPSA) is 101 Å². The van der Waals surface area contributed by atoms with E-state index in [9.17, 15) is 18.0 Å². The molecule has 2 aromatic carbocycles. The van der Waals surface area contributed by atoms with Gasteiger partial charge in [-0.1, -0.05) is 25.3 Å². The van der Waals surface area contributed by atoms with Crippen LogP contribution < -0.4 is 9.46 Å². The number of ketones is 1. The Morgan fingerprint density at radius 3 is 2.51 bits per heavy atom. The van der Waals surface area contributed by atoms with Crippen molar-refractivity contribution in [3.8, 4) is 17.0 Å². The molecule has 3 heterocycles. The van der Waals surface area contributed by atoms with E-state index >= 15 is 0 Å². The third kappa shape index (κ3) is 4.51. The predicted molar refractivity (Wildman–Crippen MR) is 189 cm³/mol. The highest BCUT2D eigenvalue weighted by Crippen LogP contribution is 2.69. The minimum atomic E-state index is -3.96. The molecule has 2 aliphatic heterocycles. The Labute approximate surface area is 289 Å². The van der Waals surface area contributed by atoms with Crippen LogP contribution in [0.25, 0.3) is 22.2 Å². The Morgan fingerprint density at radius 1 is 1.02 bits per heavy atom. The molecular weight excluding hydrogens is 637 g/mol. The summed E-state index contributed by atoms with van der Waals surface area (Å²) in [5.41, 5.74) is 5.97. The van der Waals surface area contributed by atoms with Crippen molar-refractivity contribution in [3.63, 3.8) is 0 Å². The third-order valence-electron chi connectivity index (χ3n) is 13.9. The average Bonchev–Trinajstić information content (AvgIpc) is 3.60. The molecule has 4 aliphatic carbocycles. The summed E-state index contributed by atoms with van der Waals surface area (Å²) in [5.74, 6) is 1.45. The molecule has 1 amide bonds. The van der Waals surface area contributed by atoms with Crippen LogP contribution in [0.4, 0.5) is 0 Å². The van der Waals surface area contributed by atoms with E-state index in [1.807, 2.05) is 18.2 Å². The first-order valence-corrected chi connectivity index (χ1v) is 19.8. The lowest BCUT2D eigenvalue weighted by atomic mass is 9.53. The normalized spacial score (nSPS) is 31.8. The van der Waals surface area contributed by atoms with Gasteiger partial charge in [0.2, 0.25) is 0 Å². The van der Waals surface area contributed by atoms with Crippen LogP contribution in [0, 0.1) is 16.7 Å². The van der Waals surface area contributed by atoms with Gasteiger partial charge in [0.25, 0.3) is 5.91 Å².